The zero-order chi connectivity index (χ0) is 9.38. The minimum atomic E-state index is 0.840. The number of hydrogen-bond acceptors (Lipinski definition) is 3. The lowest BCUT2D eigenvalue weighted by molar-refractivity contribution is 0.516. The molecule has 0 aliphatic carbocycles. The molecule has 1 aliphatic rings. The molecule has 2 aromatic heterocycles. The van der Waals surface area contributed by atoms with Gasteiger partial charge in [-0.2, -0.15) is 0 Å². The Morgan fingerprint density at radius 2 is 2.50 bits per heavy atom. The summed E-state index contributed by atoms with van der Waals surface area (Å²) in [7, 11) is 0. The summed E-state index contributed by atoms with van der Waals surface area (Å²) in [6, 6.07) is 2.15. The molecule has 2 aromatic rings. The van der Waals surface area contributed by atoms with Gasteiger partial charge in [0, 0.05) is 37.1 Å². The van der Waals surface area contributed by atoms with Crippen molar-refractivity contribution in [1.29, 1.82) is 0 Å². The standard InChI is InChI=1S/C10H11N3O/c1-2-13-6-8(3-9(13)4-11-1)10-5-12-7-14-10/h3,5-7,11H,1-2,4H2. The predicted molar refractivity (Wildman–Crippen MR) is 51.6 cm³/mol. The van der Waals surface area contributed by atoms with Crippen LogP contribution in [0.5, 0.6) is 0 Å². The average molecular weight is 189 g/mol. The first-order valence-corrected chi connectivity index (χ1v) is 4.72. The van der Waals surface area contributed by atoms with Crippen LogP contribution < -0.4 is 5.32 Å². The van der Waals surface area contributed by atoms with E-state index < -0.39 is 0 Å². The van der Waals surface area contributed by atoms with Crippen LogP contribution >= 0.6 is 0 Å². The first-order chi connectivity index (χ1) is 6.93. The lowest BCUT2D eigenvalue weighted by Gasteiger charge is -2.15. The van der Waals surface area contributed by atoms with Crippen LogP contribution in [-0.2, 0) is 13.1 Å². The van der Waals surface area contributed by atoms with Gasteiger partial charge in [-0.25, -0.2) is 4.98 Å². The van der Waals surface area contributed by atoms with E-state index >= 15 is 0 Å². The fraction of sp³-hybridized carbons (Fsp3) is 0.300. The van der Waals surface area contributed by atoms with E-state index in [0.717, 1.165) is 31.0 Å². The molecule has 0 aromatic carbocycles. The smallest absolute Gasteiger partial charge is 0.181 e. The molecule has 4 heteroatoms. The van der Waals surface area contributed by atoms with Crippen molar-refractivity contribution >= 4 is 0 Å². The van der Waals surface area contributed by atoms with E-state index in [0.29, 0.717) is 0 Å². The molecule has 0 fully saturated rings. The minimum absolute atomic E-state index is 0.840. The van der Waals surface area contributed by atoms with E-state index in [1.165, 1.54) is 12.1 Å². The van der Waals surface area contributed by atoms with E-state index in [1.54, 1.807) is 6.20 Å². The molecular formula is C10H11N3O. The summed E-state index contributed by atoms with van der Waals surface area (Å²) in [4.78, 5) is 3.91. The number of aromatic nitrogens is 2. The molecule has 0 amide bonds. The lowest BCUT2D eigenvalue weighted by Crippen LogP contribution is -2.27. The largest absolute Gasteiger partial charge is 0.443 e. The second-order valence-electron chi connectivity index (χ2n) is 3.46. The maximum Gasteiger partial charge on any atom is 0.181 e. The van der Waals surface area contributed by atoms with Gasteiger partial charge in [-0.3, -0.25) is 0 Å². The molecule has 4 nitrogen and oxygen atoms in total. The Bertz CT molecular complexity index is 407. The van der Waals surface area contributed by atoms with Gasteiger partial charge in [-0.05, 0) is 6.07 Å². The normalized spacial score (nSPS) is 15.4. The zero-order valence-electron chi connectivity index (χ0n) is 7.73. The number of rotatable bonds is 1. The van der Waals surface area contributed by atoms with Crippen molar-refractivity contribution in [2.45, 2.75) is 13.1 Å². The molecule has 1 N–H and O–H groups in total. The summed E-state index contributed by atoms with van der Waals surface area (Å²) in [6.45, 7) is 3.01. The molecule has 0 saturated carbocycles. The van der Waals surface area contributed by atoms with E-state index in [-0.39, 0.29) is 0 Å². The average Bonchev–Trinajstić information content (AvgIpc) is 2.86. The van der Waals surface area contributed by atoms with E-state index in [1.807, 2.05) is 0 Å². The van der Waals surface area contributed by atoms with Gasteiger partial charge in [-0.1, -0.05) is 0 Å². The van der Waals surface area contributed by atoms with Crippen LogP contribution in [0.3, 0.4) is 0 Å². The Morgan fingerprint density at radius 1 is 1.50 bits per heavy atom. The van der Waals surface area contributed by atoms with Crippen LogP contribution in [0.25, 0.3) is 11.3 Å². The predicted octanol–water partition coefficient (Wildman–Crippen LogP) is 1.25. The van der Waals surface area contributed by atoms with Crippen molar-refractivity contribution in [3.05, 3.63) is 30.5 Å². The highest BCUT2D eigenvalue weighted by atomic mass is 16.3. The summed E-state index contributed by atoms with van der Waals surface area (Å²) in [6.07, 6.45) is 5.33. The molecule has 14 heavy (non-hydrogen) atoms. The fourth-order valence-corrected chi connectivity index (χ4v) is 1.82. The van der Waals surface area contributed by atoms with Gasteiger partial charge in [0.1, 0.15) is 0 Å². The highest BCUT2D eigenvalue weighted by Gasteiger charge is 2.12. The highest BCUT2D eigenvalue weighted by Crippen LogP contribution is 2.22. The molecule has 1 aliphatic heterocycles. The third kappa shape index (κ3) is 1.15. The fourth-order valence-electron chi connectivity index (χ4n) is 1.82. The third-order valence-electron chi connectivity index (χ3n) is 2.54. The highest BCUT2D eigenvalue weighted by molar-refractivity contribution is 5.56. The number of fused-ring (bicyclic) bond motifs is 1. The number of nitrogens with one attached hydrogen (secondary N) is 1. The van der Waals surface area contributed by atoms with E-state index in [2.05, 4.69) is 27.1 Å². The van der Waals surface area contributed by atoms with Gasteiger partial charge in [0.05, 0.1) is 6.20 Å². The first-order valence-electron chi connectivity index (χ1n) is 4.72. The second-order valence-corrected chi connectivity index (χ2v) is 3.46. The van der Waals surface area contributed by atoms with E-state index in [9.17, 15) is 0 Å². The molecular weight excluding hydrogens is 178 g/mol. The Kier molecular flexibility index (Phi) is 1.67. The first kappa shape index (κ1) is 7.82. The van der Waals surface area contributed by atoms with Crippen molar-refractivity contribution < 1.29 is 4.42 Å². The summed E-state index contributed by atoms with van der Waals surface area (Å²) >= 11 is 0. The molecule has 0 spiro atoms. The van der Waals surface area contributed by atoms with Crippen molar-refractivity contribution in [3.63, 3.8) is 0 Å². The maximum atomic E-state index is 5.25. The topological polar surface area (TPSA) is 43.0 Å². The Balaban J connectivity index is 2.04. The van der Waals surface area contributed by atoms with Crippen molar-refractivity contribution in [2.75, 3.05) is 6.54 Å². The maximum absolute atomic E-state index is 5.25. The second kappa shape index (κ2) is 2.99. The van der Waals surface area contributed by atoms with Crippen molar-refractivity contribution in [2.24, 2.45) is 0 Å². The summed E-state index contributed by atoms with van der Waals surface area (Å²) < 4.78 is 7.51. The minimum Gasteiger partial charge on any atom is -0.443 e. The molecule has 3 heterocycles. The van der Waals surface area contributed by atoms with Gasteiger partial charge in [-0.15, -0.1) is 0 Å². The van der Waals surface area contributed by atoms with Gasteiger partial charge in [0.15, 0.2) is 12.2 Å². The van der Waals surface area contributed by atoms with Crippen LogP contribution in [0.1, 0.15) is 5.69 Å². The number of hydrogen-bond donors (Lipinski definition) is 1. The molecule has 0 atom stereocenters. The molecule has 72 valence electrons. The molecule has 0 radical (unpaired) electrons. The van der Waals surface area contributed by atoms with Crippen LogP contribution in [0.2, 0.25) is 0 Å². The SMILES string of the molecule is c1ncc(-c2cc3n(c2)CCNC3)o1. The third-order valence-corrected chi connectivity index (χ3v) is 2.54. The number of nitrogens with zero attached hydrogens (tertiary/aromatic N) is 2. The monoisotopic (exact) mass is 189 g/mol. The summed E-state index contributed by atoms with van der Waals surface area (Å²) in [5.74, 6) is 0.840. The lowest BCUT2D eigenvalue weighted by atomic mass is 10.2. The summed E-state index contributed by atoms with van der Waals surface area (Å²) in [5.41, 5.74) is 2.42. The Hall–Kier alpha value is -1.55. The van der Waals surface area contributed by atoms with Gasteiger partial charge in [0.2, 0.25) is 0 Å². The van der Waals surface area contributed by atoms with Gasteiger partial charge < -0.3 is 14.3 Å². The van der Waals surface area contributed by atoms with Gasteiger partial charge in [0.25, 0.3) is 0 Å². The molecule has 0 unspecified atom stereocenters. The number of oxazole rings is 1. The van der Waals surface area contributed by atoms with Crippen LogP contribution in [-0.4, -0.2) is 16.1 Å². The Morgan fingerprint density at radius 3 is 3.29 bits per heavy atom. The van der Waals surface area contributed by atoms with Crippen LogP contribution in [0.15, 0.2) is 29.3 Å². The molecule has 0 saturated heterocycles. The summed E-state index contributed by atoms with van der Waals surface area (Å²) in [5, 5.41) is 3.33. The van der Waals surface area contributed by atoms with Crippen LogP contribution in [0.4, 0.5) is 0 Å². The van der Waals surface area contributed by atoms with Crippen molar-refractivity contribution in [3.8, 4) is 11.3 Å². The molecule has 3 rings (SSSR count). The zero-order valence-corrected chi connectivity index (χ0v) is 7.73. The van der Waals surface area contributed by atoms with Gasteiger partial charge >= 0.3 is 0 Å². The quantitative estimate of drug-likeness (QED) is 0.734. The van der Waals surface area contributed by atoms with Crippen molar-refractivity contribution in [1.82, 2.24) is 14.9 Å². The van der Waals surface area contributed by atoms with Crippen LogP contribution in [0, 0.1) is 0 Å². The van der Waals surface area contributed by atoms with E-state index in [4.69, 9.17) is 4.42 Å². The molecule has 0 bridgehead atoms. The Labute approximate surface area is 81.6 Å².